The van der Waals surface area contributed by atoms with Crippen molar-refractivity contribution < 1.29 is 19.5 Å². The van der Waals surface area contributed by atoms with Gasteiger partial charge in [0, 0.05) is 75.3 Å². The lowest BCUT2D eigenvalue weighted by Crippen LogP contribution is -2.50. The molecular formula is C37H38N6O5. The van der Waals surface area contributed by atoms with Gasteiger partial charge in [-0.3, -0.25) is 19.2 Å². The Hall–Kier alpha value is -5.45. The number of aromatic nitrogens is 2. The largest absolute Gasteiger partial charge is 0.505 e. The van der Waals surface area contributed by atoms with Gasteiger partial charge in [0.05, 0.1) is 11.4 Å². The van der Waals surface area contributed by atoms with E-state index in [4.69, 9.17) is 0 Å². The van der Waals surface area contributed by atoms with E-state index in [9.17, 15) is 24.3 Å². The Kier molecular flexibility index (Phi) is 7.98. The molecule has 2 aliphatic heterocycles. The van der Waals surface area contributed by atoms with E-state index in [1.54, 1.807) is 58.3 Å². The molecule has 1 saturated heterocycles. The number of benzene rings is 3. The summed E-state index contributed by atoms with van der Waals surface area (Å²) in [6.45, 7) is 5.78. The Morgan fingerprint density at radius 3 is 2.31 bits per heavy atom. The first-order valence-corrected chi connectivity index (χ1v) is 16.4. The first-order chi connectivity index (χ1) is 23.1. The van der Waals surface area contributed by atoms with Crippen molar-refractivity contribution in [2.45, 2.75) is 39.0 Å². The van der Waals surface area contributed by atoms with Crippen LogP contribution < -0.4 is 15.8 Å². The zero-order valence-electron chi connectivity index (χ0n) is 27.3. The monoisotopic (exact) mass is 646 g/mol. The highest BCUT2D eigenvalue weighted by molar-refractivity contribution is 6.09. The van der Waals surface area contributed by atoms with Gasteiger partial charge in [-0.2, -0.15) is 0 Å². The van der Waals surface area contributed by atoms with Gasteiger partial charge in [0.15, 0.2) is 5.82 Å². The van der Waals surface area contributed by atoms with Crippen LogP contribution in [0.3, 0.4) is 0 Å². The summed E-state index contributed by atoms with van der Waals surface area (Å²) in [5, 5.41) is 14.7. The lowest BCUT2D eigenvalue weighted by molar-refractivity contribution is -0.130. The number of anilines is 3. The van der Waals surface area contributed by atoms with Crippen molar-refractivity contribution in [1.29, 1.82) is 0 Å². The predicted octanol–water partition coefficient (Wildman–Crippen LogP) is 4.59. The van der Waals surface area contributed by atoms with Crippen molar-refractivity contribution in [3.63, 3.8) is 0 Å². The summed E-state index contributed by atoms with van der Waals surface area (Å²) >= 11 is 0. The number of piperazine rings is 1. The quantitative estimate of drug-likeness (QED) is 0.314. The minimum Gasteiger partial charge on any atom is -0.505 e. The van der Waals surface area contributed by atoms with E-state index < -0.39 is 0 Å². The molecule has 0 spiro atoms. The highest BCUT2D eigenvalue weighted by Gasteiger charge is 2.31. The van der Waals surface area contributed by atoms with Gasteiger partial charge in [-0.15, -0.1) is 0 Å². The van der Waals surface area contributed by atoms with Gasteiger partial charge in [-0.25, -0.2) is 4.98 Å². The van der Waals surface area contributed by atoms with Gasteiger partial charge >= 0.3 is 0 Å². The van der Waals surface area contributed by atoms with Crippen LogP contribution in [0.15, 0.2) is 65.6 Å². The number of nitrogens with one attached hydrogen (secondary N) is 1. The second-order valence-electron chi connectivity index (χ2n) is 12.9. The van der Waals surface area contributed by atoms with E-state index in [0.717, 1.165) is 11.1 Å². The first kappa shape index (κ1) is 31.2. The number of phenols is 1. The Morgan fingerprint density at radius 1 is 0.917 bits per heavy atom. The van der Waals surface area contributed by atoms with E-state index in [1.807, 2.05) is 25.1 Å². The van der Waals surface area contributed by atoms with Crippen molar-refractivity contribution in [3.8, 4) is 17.0 Å². The highest BCUT2D eigenvalue weighted by atomic mass is 16.3. The molecule has 1 aliphatic carbocycles. The number of phenolic OH excluding ortho intramolecular Hbond substituents is 1. The lowest BCUT2D eigenvalue weighted by Gasteiger charge is -2.34. The zero-order chi connectivity index (χ0) is 33.7. The predicted molar refractivity (Wildman–Crippen MR) is 183 cm³/mol. The Morgan fingerprint density at radius 2 is 1.62 bits per heavy atom. The number of nitrogens with zero attached hydrogens (tertiary/aromatic N) is 5. The summed E-state index contributed by atoms with van der Waals surface area (Å²) in [7, 11) is 1.61. The number of aryl methyl sites for hydroxylation is 2. The number of fused-ring (bicyclic) bond motifs is 1. The maximum absolute atomic E-state index is 13.7. The molecular weight excluding hydrogens is 608 g/mol. The molecule has 3 heterocycles. The van der Waals surface area contributed by atoms with Crippen molar-refractivity contribution in [2.24, 2.45) is 7.05 Å². The van der Waals surface area contributed by atoms with E-state index in [1.165, 1.54) is 29.9 Å². The molecule has 48 heavy (non-hydrogen) atoms. The van der Waals surface area contributed by atoms with Crippen LogP contribution >= 0.6 is 0 Å². The number of hydrogen-bond donors (Lipinski definition) is 2. The molecule has 0 radical (unpaired) electrons. The molecule has 1 aromatic heterocycles. The Labute approximate surface area is 278 Å². The molecule has 3 amide bonds. The fraction of sp³-hybridized carbons (Fsp3) is 0.324. The van der Waals surface area contributed by atoms with Crippen molar-refractivity contribution in [3.05, 3.63) is 99.0 Å². The van der Waals surface area contributed by atoms with Gasteiger partial charge in [-0.1, -0.05) is 18.2 Å². The summed E-state index contributed by atoms with van der Waals surface area (Å²) in [4.78, 5) is 61.2. The van der Waals surface area contributed by atoms with Gasteiger partial charge < -0.3 is 29.7 Å². The number of carbonyl (C=O) groups excluding carboxylic acids is 3. The third-order valence-electron chi connectivity index (χ3n) is 9.65. The smallest absolute Gasteiger partial charge is 0.293 e. The molecule has 0 unspecified atom stereocenters. The standard InChI is InChI=1S/C37H38N6O5/c1-22-4-13-31(43-15-14-27-20-26(24-5-6-24)9-12-29(27)36(43)47)33(45)32(22)30-21-40(3)37(48)34(39-30)38-28-10-7-25(8-11-28)35(46)42-18-16-41(17-19-42)23(2)44/h4,7-13,20-21,24,45H,5-6,14-19H2,1-3H3,(H,38,39). The van der Waals surface area contributed by atoms with Crippen molar-refractivity contribution in [1.82, 2.24) is 19.4 Å². The molecule has 2 fully saturated rings. The number of aromatic hydroxyl groups is 1. The Balaban J connectivity index is 1.12. The molecule has 2 N–H and O–H groups in total. The van der Waals surface area contributed by atoms with Crippen LogP contribution in [0, 0.1) is 6.92 Å². The van der Waals surface area contributed by atoms with E-state index in [2.05, 4.69) is 16.4 Å². The highest BCUT2D eigenvalue weighted by Crippen LogP contribution is 2.43. The third-order valence-corrected chi connectivity index (χ3v) is 9.65. The molecule has 4 aromatic rings. The summed E-state index contributed by atoms with van der Waals surface area (Å²) in [6.07, 6.45) is 4.66. The molecule has 246 valence electrons. The maximum Gasteiger partial charge on any atom is 0.293 e. The van der Waals surface area contributed by atoms with Crippen LogP contribution in [0.25, 0.3) is 11.3 Å². The maximum atomic E-state index is 13.7. The number of rotatable bonds is 6. The van der Waals surface area contributed by atoms with E-state index in [0.29, 0.717) is 78.8 Å². The van der Waals surface area contributed by atoms with E-state index in [-0.39, 0.29) is 34.8 Å². The van der Waals surface area contributed by atoms with Crippen LogP contribution in [0.1, 0.15) is 63.1 Å². The summed E-state index contributed by atoms with van der Waals surface area (Å²) in [5.41, 5.74) is 5.62. The fourth-order valence-electron chi connectivity index (χ4n) is 6.68. The third kappa shape index (κ3) is 5.80. The second-order valence-corrected chi connectivity index (χ2v) is 12.9. The zero-order valence-corrected chi connectivity index (χ0v) is 27.3. The van der Waals surface area contributed by atoms with Gasteiger partial charge in [-0.05, 0) is 85.2 Å². The Bertz CT molecular complexity index is 2010. The second kappa shape index (κ2) is 12.3. The number of hydrogen-bond acceptors (Lipinski definition) is 7. The lowest BCUT2D eigenvalue weighted by atomic mass is 9.94. The molecule has 1 saturated carbocycles. The first-order valence-electron chi connectivity index (χ1n) is 16.4. The van der Waals surface area contributed by atoms with Gasteiger partial charge in [0.1, 0.15) is 5.75 Å². The van der Waals surface area contributed by atoms with Crippen LogP contribution in [-0.2, 0) is 18.3 Å². The topological polar surface area (TPSA) is 128 Å². The fourth-order valence-corrected chi connectivity index (χ4v) is 6.68. The minimum atomic E-state index is -0.371. The average Bonchev–Trinajstić information content (AvgIpc) is 3.94. The molecule has 7 rings (SSSR count). The molecule has 3 aliphatic rings. The molecule has 0 atom stereocenters. The van der Waals surface area contributed by atoms with Crippen molar-refractivity contribution in [2.75, 3.05) is 42.9 Å². The van der Waals surface area contributed by atoms with Gasteiger partial charge in [0.25, 0.3) is 17.4 Å². The molecule has 11 nitrogen and oxygen atoms in total. The number of amides is 3. The molecule has 11 heteroatoms. The SMILES string of the molecule is CC(=O)N1CCN(C(=O)c2ccc(Nc3nc(-c4c(C)ccc(N5CCc6cc(C7CC7)ccc6C5=O)c4O)cn(C)c3=O)cc2)CC1. The summed E-state index contributed by atoms with van der Waals surface area (Å²) in [5.74, 6) is 0.310. The molecule has 3 aromatic carbocycles. The molecule has 0 bridgehead atoms. The van der Waals surface area contributed by atoms with Crippen LogP contribution in [0.5, 0.6) is 5.75 Å². The van der Waals surface area contributed by atoms with E-state index >= 15 is 0 Å². The van der Waals surface area contributed by atoms with Gasteiger partial charge in [0.2, 0.25) is 5.91 Å². The van der Waals surface area contributed by atoms with Crippen LogP contribution in [0.4, 0.5) is 17.2 Å². The van der Waals surface area contributed by atoms with Crippen LogP contribution in [-0.4, -0.2) is 74.9 Å². The summed E-state index contributed by atoms with van der Waals surface area (Å²) in [6, 6.07) is 16.5. The number of carbonyl (C=O) groups is 3. The van der Waals surface area contributed by atoms with Crippen LogP contribution in [0.2, 0.25) is 0 Å². The summed E-state index contributed by atoms with van der Waals surface area (Å²) < 4.78 is 1.40. The van der Waals surface area contributed by atoms with Crippen molar-refractivity contribution >= 4 is 34.9 Å². The minimum absolute atomic E-state index is 0.00423. The normalized spacial score (nSPS) is 16.1. The average molecular weight is 647 g/mol.